The van der Waals surface area contributed by atoms with Crippen molar-refractivity contribution in [2.24, 2.45) is 11.7 Å². The quantitative estimate of drug-likeness (QED) is 0.646. The number of thioether (sulfide) groups is 1. The van der Waals surface area contributed by atoms with Crippen molar-refractivity contribution >= 4 is 17.7 Å². The molecule has 0 aliphatic heterocycles. The van der Waals surface area contributed by atoms with Crippen LogP contribution in [0.5, 0.6) is 0 Å². The van der Waals surface area contributed by atoms with Gasteiger partial charge in [-0.05, 0) is 12.7 Å². The number of rotatable bonds is 7. The van der Waals surface area contributed by atoms with E-state index in [-0.39, 0.29) is 11.8 Å². The lowest BCUT2D eigenvalue weighted by atomic mass is 10.1. The second-order valence-corrected chi connectivity index (χ2v) is 4.18. The van der Waals surface area contributed by atoms with Gasteiger partial charge in [0, 0.05) is 24.3 Å². The summed E-state index contributed by atoms with van der Waals surface area (Å²) in [5.41, 5.74) is 5.15. The van der Waals surface area contributed by atoms with Gasteiger partial charge in [0.2, 0.25) is 5.91 Å². The van der Waals surface area contributed by atoms with Crippen LogP contribution in [-0.2, 0) is 4.79 Å². The summed E-state index contributed by atoms with van der Waals surface area (Å²) >= 11 is 1.82. The molecule has 0 aromatic heterocycles. The fourth-order valence-electron chi connectivity index (χ4n) is 0.966. The van der Waals surface area contributed by atoms with E-state index in [0.29, 0.717) is 12.6 Å². The molecule has 0 rings (SSSR count). The predicted molar refractivity (Wildman–Crippen MR) is 58.8 cm³/mol. The Hall–Kier alpha value is -0.220. The van der Waals surface area contributed by atoms with Crippen LogP contribution in [0.3, 0.4) is 0 Å². The third-order valence-corrected chi connectivity index (χ3v) is 2.79. The summed E-state index contributed by atoms with van der Waals surface area (Å²) in [6, 6.07) is 0.497. The summed E-state index contributed by atoms with van der Waals surface area (Å²) in [4.78, 5) is 10.7. The van der Waals surface area contributed by atoms with Crippen molar-refractivity contribution in [3.63, 3.8) is 0 Å². The highest BCUT2D eigenvalue weighted by Gasteiger charge is 2.10. The van der Waals surface area contributed by atoms with E-state index in [2.05, 4.69) is 18.5 Å². The summed E-state index contributed by atoms with van der Waals surface area (Å²) in [5.74, 6) is 0.782. The molecule has 0 aromatic rings. The molecule has 0 aromatic carbocycles. The first-order chi connectivity index (χ1) is 6.11. The lowest BCUT2D eigenvalue weighted by Crippen LogP contribution is -2.38. The van der Waals surface area contributed by atoms with Crippen LogP contribution in [0, 0.1) is 5.92 Å². The van der Waals surface area contributed by atoms with Crippen LogP contribution in [0.25, 0.3) is 0 Å². The largest absolute Gasteiger partial charge is 0.369 e. The highest BCUT2D eigenvalue weighted by molar-refractivity contribution is 7.98. The van der Waals surface area contributed by atoms with Crippen molar-refractivity contribution in [2.45, 2.75) is 26.3 Å². The maximum absolute atomic E-state index is 10.7. The molecule has 0 heterocycles. The number of hydrogen-bond donors (Lipinski definition) is 2. The highest BCUT2D eigenvalue weighted by Crippen LogP contribution is 2.01. The fourth-order valence-corrected chi connectivity index (χ4v) is 1.72. The number of amides is 1. The molecule has 3 nitrogen and oxygen atoms in total. The summed E-state index contributed by atoms with van der Waals surface area (Å²) in [6.07, 6.45) is 3.17. The second kappa shape index (κ2) is 7.21. The number of carbonyl (C=O) groups is 1. The number of nitrogens with one attached hydrogen (secondary N) is 1. The molecule has 4 heteroatoms. The van der Waals surface area contributed by atoms with Gasteiger partial charge in [0.15, 0.2) is 0 Å². The van der Waals surface area contributed by atoms with Gasteiger partial charge in [0.25, 0.3) is 0 Å². The van der Waals surface area contributed by atoms with E-state index in [9.17, 15) is 4.79 Å². The van der Waals surface area contributed by atoms with Gasteiger partial charge < -0.3 is 11.1 Å². The van der Waals surface area contributed by atoms with Crippen LogP contribution in [0.2, 0.25) is 0 Å². The first-order valence-electron chi connectivity index (χ1n) is 4.63. The van der Waals surface area contributed by atoms with Gasteiger partial charge in [-0.2, -0.15) is 11.8 Å². The molecule has 0 spiro atoms. The minimum Gasteiger partial charge on any atom is -0.369 e. The molecule has 0 fully saturated rings. The molecule has 0 saturated carbocycles. The fraction of sp³-hybridized carbons (Fsp3) is 0.889. The number of carbonyl (C=O) groups excluding carboxylic acids is 1. The topological polar surface area (TPSA) is 55.1 Å². The maximum atomic E-state index is 10.7. The molecule has 2 unspecified atom stereocenters. The molecule has 2 atom stereocenters. The Balaban J connectivity index is 3.64. The molecule has 0 aliphatic rings. The average molecular weight is 204 g/mol. The van der Waals surface area contributed by atoms with Crippen molar-refractivity contribution in [1.29, 1.82) is 0 Å². The van der Waals surface area contributed by atoms with Crippen LogP contribution < -0.4 is 11.1 Å². The average Bonchev–Trinajstić information content (AvgIpc) is 2.11. The minimum absolute atomic E-state index is 0.0732. The van der Waals surface area contributed by atoms with Crippen LogP contribution in [-0.4, -0.2) is 30.5 Å². The van der Waals surface area contributed by atoms with E-state index in [0.717, 1.165) is 12.2 Å². The smallest absolute Gasteiger partial charge is 0.221 e. The van der Waals surface area contributed by atoms with Gasteiger partial charge in [-0.1, -0.05) is 13.8 Å². The van der Waals surface area contributed by atoms with Gasteiger partial charge in [-0.25, -0.2) is 0 Å². The number of nitrogens with two attached hydrogens (primary N) is 1. The van der Waals surface area contributed by atoms with Crippen LogP contribution in [0.1, 0.15) is 20.3 Å². The Morgan fingerprint density at radius 2 is 2.23 bits per heavy atom. The van der Waals surface area contributed by atoms with E-state index >= 15 is 0 Å². The first-order valence-corrected chi connectivity index (χ1v) is 6.02. The van der Waals surface area contributed by atoms with Crippen molar-refractivity contribution in [2.75, 3.05) is 18.6 Å². The SMILES string of the molecule is CCC(CSC)NCC(C)C(N)=O. The Kier molecular flexibility index (Phi) is 7.09. The first kappa shape index (κ1) is 12.8. The molecule has 0 radical (unpaired) electrons. The normalized spacial score (nSPS) is 15.3. The molecule has 13 heavy (non-hydrogen) atoms. The van der Waals surface area contributed by atoms with Crippen LogP contribution in [0.15, 0.2) is 0 Å². The Labute approximate surface area is 84.8 Å². The Morgan fingerprint density at radius 1 is 1.62 bits per heavy atom. The number of primary amides is 1. The van der Waals surface area contributed by atoms with E-state index in [1.165, 1.54) is 0 Å². The van der Waals surface area contributed by atoms with E-state index in [4.69, 9.17) is 5.73 Å². The third kappa shape index (κ3) is 5.93. The summed E-state index contributed by atoms with van der Waals surface area (Å²) in [5, 5.41) is 3.33. The maximum Gasteiger partial charge on any atom is 0.221 e. The molecular weight excluding hydrogens is 184 g/mol. The van der Waals surface area contributed by atoms with Crippen molar-refractivity contribution in [3.05, 3.63) is 0 Å². The summed E-state index contributed by atoms with van der Waals surface area (Å²) in [7, 11) is 0. The Bertz CT molecular complexity index is 153. The summed E-state index contributed by atoms with van der Waals surface area (Å²) < 4.78 is 0. The van der Waals surface area contributed by atoms with Gasteiger partial charge in [0.05, 0.1) is 0 Å². The van der Waals surface area contributed by atoms with E-state index in [1.54, 1.807) is 0 Å². The zero-order valence-corrected chi connectivity index (χ0v) is 9.49. The molecule has 3 N–H and O–H groups in total. The second-order valence-electron chi connectivity index (χ2n) is 3.27. The highest BCUT2D eigenvalue weighted by atomic mass is 32.2. The monoisotopic (exact) mass is 204 g/mol. The van der Waals surface area contributed by atoms with Gasteiger partial charge in [-0.15, -0.1) is 0 Å². The van der Waals surface area contributed by atoms with Gasteiger partial charge in [0.1, 0.15) is 0 Å². The van der Waals surface area contributed by atoms with Crippen molar-refractivity contribution in [3.8, 4) is 0 Å². The molecular formula is C9H20N2OS. The van der Waals surface area contributed by atoms with E-state index < -0.39 is 0 Å². The van der Waals surface area contributed by atoms with Crippen LogP contribution >= 0.6 is 11.8 Å². The zero-order valence-electron chi connectivity index (χ0n) is 8.67. The predicted octanol–water partition coefficient (Wildman–Crippen LogP) is 0.839. The molecule has 1 amide bonds. The molecule has 0 aliphatic carbocycles. The van der Waals surface area contributed by atoms with Crippen molar-refractivity contribution < 1.29 is 4.79 Å². The molecule has 0 saturated heterocycles. The minimum atomic E-state index is -0.230. The standard InChI is InChI=1S/C9H20N2OS/c1-4-8(6-13-3)11-5-7(2)9(10)12/h7-8,11H,4-6H2,1-3H3,(H2,10,12). The van der Waals surface area contributed by atoms with Gasteiger partial charge in [-0.3, -0.25) is 4.79 Å². The third-order valence-electron chi connectivity index (χ3n) is 2.06. The van der Waals surface area contributed by atoms with E-state index in [1.807, 2.05) is 18.7 Å². The molecule has 0 bridgehead atoms. The Morgan fingerprint density at radius 3 is 2.62 bits per heavy atom. The molecule has 78 valence electrons. The number of hydrogen-bond acceptors (Lipinski definition) is 3. The summed E-state index contributed by atoms with van der Waals surface area (Å²) in [6.45, 7) is 4.68. The van der Waals surface area contributed by atoms with Gasteiger partial charge >= 0.3 is 0 Å². The van der Waals surface area contributed by atoms with Crippen molar-refractivity contribution in [1.82, 2.24) is 5.32 Å². The lowest BCUT2D eigenvalue weighted by molar-refractivity contribution is -0.121. The lowest BCUT2D eigenvalue weighted by Gasteiger charge is -2.17. The zero-order chi connectivity index (χ0) is 10.3. The van der Waals surface area contributed by atoms with Crippen LogP contribution in [0.4, 0.5) is 0 Å².